The average Bonchev–Trinajstić information content (AvgIpc) is 2.62. The van der Waals surface area contributed by atoms with Gasteiger partial charge in [0, 0.05) is 24.2 Å². The fraction of sp³-hybridized carbons (Fsp3) is 1.00. The smallest absolute Gasteiger partial charge is 0.0299 e. The maximum absolute atomic E-state index is 6.19. The summed E-state index contributed by atoms with van der Waals surface area (Å²) in [6.45, 7) is 9.67. The molecule has 2 rings (SSSR count). The van der Waals surface area contributed by atoms with Crippen LogP contribution in [-0.4, -0.2) is 29.1 Å². The molecule has 0 aromatic carbocycles. The van der Waals surface area contributed by atoms with E-state index in [-0.39, 0.29) is 5.54 Å². The second kappa shape index (κ2) is 3.97. The van der Waals surface area contributed by atoms with E-state index in [0.717, 1.165) is 12.6 Å². The van der Waals surface area contributed by atoms with Crippen molar-refractivity contribution in [3.05, 3.63) is 0 Å². The number of nitrogens with two attached hydrogens (primary N) is 1. The molecule has 0 aromatic heterocycles. The van der Waals surface area contributed by atoms with E-state index in [1.807, 2.05) is 13.8 Å². The molecule has 2 bridgehead atoms. The molecule has 1 heterocycles. The Morgan fingerprint density at radius 2 is 2.00 bits per heavy atom. The first-order chi connectivity index (χ1) is 6.11. The molecule has 2 fully saturated rings. The van der Waals surface area contributed by atoms with Crippen LogP contribution in [0.15, 0.2) is 0 Å². The van der Waals surface area contributed by atoms with Crippen molar-refractivity contribution in [3.8, 4) is 0 Å². The van der Waals surface area contributed by atoms with Gasteiger partial charge in [-0.2, -0.15) is 0 Å². The molecule has 2 aliphatic rings. The third kappa shape index (κ3) is 2.05. The van der Waals surface area contributed by atoms with Crippen molar-refractivity contribution in [1.82, 2.24) is 4.90 Å². The molecule has 0 amide bonds. The summed E-state index contributed by atoms with van der Waals surface area (Å²) in [5.41, 5.74) is 6.38. The van der Waals surface area contributed by atoms with E-state index < -0.39 is 0 Å². The van der Waals surface area contributed by atoms with Crippen molar-refractivity contribution in [3.63, 3.8) is 0 Å². The summed E-state index contributed by atoms with van der Waals surface area (Å²) in [6.07, 6.45) is 3.82. The number of hydrogen-bond donors (Lipinski definition) is 1. The number of nitrogens with zero attached hydrogens (tertiary/aromatic N) is 1. The van der Waals surface area contributed by atoms with Crippen molar-refractivity contribution >= 4 is 0 Å². The van der Waals surface area contributed by atoms with E-state index in [4.69, 9.17) is 5.73 Å². The van der Waals surface area contributed by atoms with Crippen LogP contribution in [0.3, 0.4) is 0 Å². The fourth-order valence-electron chi connectivity index (χ4n) is 2.65. The van der Waals surface area contributed by atoms with Crippen molar-refractivity contribution in [2.75, 3.05) is 6.54 Å². The molecular weight excluding hydrogens is 160 g/mol. The predicted molar refractivity (Wildman–Crippen MR) is 57.7 cm³/mol. The molecule has 13 heavy (non-hydrogen) atoms. The Balaban J connectivity index is 0.000000396. The topological polar surface area (TPSA) is 29.3 Å². The first kappa shape index (κ1) is 11.0. The zero-order valence-corrected chi connectivity index (χ0v) is 9.51. The predicted octanol–water partition coefficient (Wildman–Crippen LogP) is 1.99. The second-order valence-electron chi connectivity index (χ2n) is 4.53. The van der Waals surface area contributed by atoms with Gasteiger partial charge < -0.3 is 5.73 Å². The summed E-state index contributed by atoms with van der Waals surface area (Å²) in [6, 6.07) is 1.49. The molecule has 2 N–H and O–H groups in total. The van der Waals surface area contributed by atoms with Crippen LogP contribution in [0, 0.1) is 0 Å². The summed E-state index contributed by atoms with van der Waals surface area (Å²) in [5.74, 6) is 0. The zero-order valence-electron chi connectivity index (χ0n) is 9.51. The van der Waals surface area contributed by atoms with Crippen LogP contribution in [-0.2, 0) is 0 Å². The van der Waals surface area contributed by atoms with Gasteiger partial charge in [0.2, 0.25) is 0 Å². The monoisotopic (exact) mass is 184 g/mol. The molecular formula is C11H24N2. The highest BCUT2D eigenvalue weighted by atomic mass is 15.2. The van der Waals surface area contributed by atoms with Gasteiger partial charge in [0.05, 0.1) is 0 Å². The van der Waals surface area contributed by atoms with Gasteiger partial charge in [-0.05, 0) is 33.1 Å². The van der Waals surface area contributed by atoms with Gasteiger partial charge in [-0.1, -0.05) is 13.8 Å². The van der Waals surface area contributed by atoms with Gasteiger partial charge in [0.15, 0.2) is 0 Å². The summed E-state index contributed by atoms with van der Waals surface area (Å²) in [5, 5.41) is 0. The molecule has 1 saturated carbocycles. The Labute approximate surface area is 82.5 Å². The molecule has 2 unspecified atom stereocenters. The number of rotatable bonds is 1. The molecule has 1 aliphatic heterocycles. The normalized spacial score (nSPS) is 37.8. The van der Waals surface area contributed by atoms with E-state index in [2.05, 4.69) is 18.7 Å². The highest BCUT2D eigenvalue weighted by molar-refractivity contribution is 5.06. The summed E-state index contributed by atoms with van der Waals surface area (Å²) in [7, 11) is 0. The molecule has 1 saturated heterocycles. The Hall–Kier alpha value is -0.0800. The van der Waals surface area contributed by atoms with Gasteiger partial charge in [0.25, 0.3) is 0 Å². The maximum atomic E-state index is 6.19. The number of likely N-dealkylation sites (tertiary alicyclic amines) is 1. The lowest BCUT2D eigenvalue weighted by atomic mass is 10.0. The minimum atomic E-state index is 0.189. The number of piperidine rings is 1. The van der Waals surface area contributed by atoms with Gasteiger partial charge in [-0.25, -0.2) is 0 Å². The summed E-state index contributed by atoms with van der Waals surface area (Å²) < 4.78 is 0. The van der Waals surface area contributed by atoms with E-state index in [9.17, 15) is 0 Å². The van der Waals surface area contributed by atoms with Gasteiger partial charge in [-0.15, -0.1) is 0 Å². The van der Waals surface area contributed by atoms with E-state index >= 15 is 0 Å². The standard InChI is InChI=1S/C9H18N2.C2H6/c1-7(2)11-6-9(10)4-3-8(11)5-9;1-2/h7-8H,3-6,10H2,1-2H3;1-2H3. The number of fused-ring (bicyclic) bond motifs is 2. The van der Waals surface area contributed by atoms with Crippen molar-refractivity contribution < 1.29 is 0 Å². The average molecular weight is 184 g/mol. The van der Waals surface area contributed by atoms with Crippen LogP contribution < -0.4 is 5.73 Å². The first-order valence-electron chi connectivity index (χ1n) is 5.65. The minimum Gasteiger partial charge on any atom is -0.324 e. The number of hydrogen-bond acceptors (Lipinski definition) is 2. The quantitative estimate of drug-likeness (QED) is 0.675. The van der Waals surface area contributed by atoms with Gasteiger partial charge in [-0.3, -0.25) is 4.90 Å². The van der Waals surface area contributed by atoms with Crippen LogP contribution >= 0.6 is 0 Å². The molecule has 78 valence electrons. The van der Waals surface area contributed by atoms with E-state index in [0.29, 0.717) is 6.04 Å². The van der Waals surface area contributed by atoms with Crippen molar-refractivity contribution in [2.24, 2.45) is 5.73 Å². The largest absolute Gasteiger partial charge is 0.324 e. The second-order valence-corrected chi connectivity index (χ2v) is 4.53. The van der Waals surface area contributed by atoms with Gasteiger partial charge in [0.1, 0.15) is 0 Å². The molecule has 2 nitrogen and oxygen atoms in total. The lowest BCUT2D eigenvalue weighted by Gasteiger charge is -2.33. The molecule has 1 aliphatic carbocycles. The third-order valence-corrected chi connectivity index (χ3v) is 3.25. The summed E-state index contributed by atoms with van der Waals surface area (Å²) in [4.78, 5) is 2.56. The molecule has 0 spiro atoms. The molecule has 0 radical (unpaired) electrons. The fourth-order valence-corrected chi connectivity index (χ4v) is 2.65. The lowest BCUT2D eigenvalue weighted by Crippen LogP contribution is -2.46. The zero-order chi connectivity index (χ0) is 10.1. The Morgan fingerprint density at radius 1 is 1.38 bits per heavy atom. The summed E-state index contributed by atoms with van der Waals surface area (Å²) >= 11 is 0. The molecule has 2 heteroatoms. The van der Waals surface area contributed by atoms with Crippen molar-refractivity contribution in [1.29, 1.82) is 0 Å². The van der Waals surface area contributed by atoms with E-state index in [1.165, 1.54) is 19.3 Å². The van der Waals surface area contributed by atoms with Crippen LogP contribution in [0.5, 0.6) is 0 Å². The SMILES string of the molecule is CC.CC(C)N1CC2(N)CCC1C2. The van der Waals surface area contributed by atoms with Crippen LogP contribution in [0.25, 0.3) is 0 Å². The van der Waals surface area contributed by atoms with Crippen LogP contribution in [0.2, 0.25) is 0 Å². The maximum Gasteiger partial charge on any atom is 0.0299 e. The highest BCUT2D eigenvalue weighted by Crippen LogP contribution is 2.39. The first-order valence-corrected chi connectivity index (χ1v) is 5.65. The lowest BCUT2D eigenvalue weighted by molar-refractivity contribution is 0.162. The molecule has 0 aromatic rings. The third-order valence-electron chi connectivity index (χ3n) is 3.25. The van der Waals surface area contributed by atoms with E-state index in [1.54, 1.807) is 0 Å². The van der Waals surface area contributed by atoms with Crippen LogP contribution in [0.1, 0.15) is 47.0 Å². The Bertz CT molecular complexity index is 167. The highest BCUT2D eigenvalue weighted by Gasteiger charge is 2.47. The Kier molecular flexibility index (Phi) is 3.36. The molecule has 2 atom stereocenters. The van der Waals surface area contributed by atoms with Crippen LogP contribution in [0.4, 0.5) is 0 Å². The van der Waals surface area contributed by atoms with Crippen molar-refractivity contribution in [2.45, 2.75) is 64.6 Å². The minimum absolute atomic E-state index is 0.189. The van der Waals surface area contributed by atoms with Gasteiger partial charge >= 0.3 is 0 Å². The Morgan fingerprint density at radius 3 is 2.23 bits per heavy atom.